The van der Waals surface area contributed by atoms with E-state index in [-0.39, 0.29) is 0 Å². The average molecular weight is 224 g/mol. The molecule has 1 aliphatic carbocycles. The van der Waals surface area contributed by atoms with Crippen LogP contribution in [0.4, 0.5) is 0 Å². The first-order valence-corrected chi connectivity index (χ1v) is 7.21. The predicted molar refractivity (Wildman–Crippen MR) is 69.6 cm³/mol. The van der Waals surface area contributed by atoms with E-state index in [1.165, 1.54) is 58.3 Å². The molecule has 0 bridgehead atoms. The van der Waals surface area contributed by atoms with Gasteiger partial charge in [0.1, 0.15) is 0 Å². The van der Waals surface area contributed by atoms with Crippen LogP contribution in [0.5, 0.6) is 0 Å². The molecular formula is C14H28N2. The SMILES string of the molecule is CC(C)C1CCN(CCNC2CCCC2)C1. The quantitative estimate of drug-likeness (QED) is 0.772. The number of nitrogens with zero attached hydrogens (tertiary/aromatic N) is 1. The lowest BCUT2D eigenvalue weighted by atomic mass is 9.95. The molecule has 1 N–H and O–H groups in total. The van der Waals surface area contributed by atoms with Gasteiger partial charge in [0.05, 0.1) is 0 Å². The number of rotatable bonds is 5. The molecule has 0 aromatic heterocycles. The second kappa shape index (κ2) is 6.02. The van der Waals surface area contributed by atoms with Crippen LogP contribution in [0.2, 0.25) is 0 Å². The van der Waals surface area contributed by atoms with Crippen molar-refractivity contribution in [2.45, 2.75) is 52.0 Å². The van der Waals surface area contributed by atoms with Gasteiger partial charge < -0.3 is 10.2 Å². The van der Waals surface area contributed by atoms with Gasteiger partial charge in [0, 0.05) is 25.7 Å². The summed E-state index contributed by atoms with van der Waals surface area (Å²) < 4.78 is 0. The molecule has 94 valence electrons. The van der Waals surface area contributed by atoms with Crippen LogP contribution < -0.4 is 5.32 Å². The van der Waals surface area contributed by atoms with Gasteiger partial charge in [0.25, 0.3) is 0 Å². The van der Waals surface area contributed by atoms with Gasteiger partial charge in [-0.3, -0.25) is 0 Å². The van der Waals surface area contributed by atoms with Gasteiger partial charge in [0.2, 0.25) is 0 Å². The Labute approximate surface area is 101 Å². The Morgan fingerprint density at radius 3 is 2.56 bits per heavy atom. The largest absolute Gasteiger partial charge is 0.313 e. The minimum Gasteiger partial charge on any atom is -0.313 e. The third-order valence-electron chi connectivity index (χ3n) is 4.47. The summed E-state index contributed by atoms with van der Waals surface area (Å²) in [6.45, 7) is 9.87. The highest BCUT2D eigenvalue weighted by atomic mass is 15.2. The molecule has 2 heteroatoms. The number of hydrogen-bond acceptors (Lipinski definition) is 2. The van der Waals surface area contributed by atoms with Crippen molar-refractivity contribution < 1.29 is 0 Å². The van der Waals surface area contributed by atoms with E-state index in [1.807, 2.05) is 0 Å². The van der Waals surface area contributed by atoms with E-state index in [0.29, 0.717) is 0 Å². The molecule has 0 spiro atoms. The fraction of sp³-hybridized carbons (Fsp3) is 1.00. The summed E-state index contributed by atoms with van der Waals surface area (Å²) in [6, 6.07) is 0.837. The molecule has 2 aliphatic rings. The first kappa shape index (κ1) is 12.4. The van der Waals surface area contributed by atoms with Gasteiger partial charge in [0.15, 0.2) is 0 Å². The Hall–Kier alpha value is -0.0800. The van der Waals surface area contributed by atoms with Crippen LogP contribution in [0.25, 0.3) is 0 Å². The van der Waals surface area contributed by atoms with Crippen molar-refractivity contribution >= 4 is 0 Å². The third-order valence-corrected chi connectivity index (χ3v) is 4.47. The summed E-state index contributed by atoms with van der Waals surface area (Å²) in [6.07, 6.45) is 7.12. The molecule has 2 nitrogen and oxygen atoms in total. The summed E-state index contributed by atoms with van der Waals surface area (Å²) >= 11 is 0. The zero-order valence-electron chi connectivity index (χ0n) is 11.0. The second-order valence-corrected chi connectivity index (χ2v) is 6.03. The molecule has 0 amide bonds. The third kappa shape index (κ3) is 3.46. The Kier molecular flexibility index (Phi) is 4.66. The number of likely N-dealkylation sites (tertiary alicyclic amines) is 1. The van der Waals surface area contributed by atoms with Crippen molar-refractivity contribution in [3.8, 4) is 0 Å². The summed E-state index contributed by atoms with van der Waals surface area (Å²) in [5.74, 6) is 1.82. The maximum Gasteiger partial charge on any atom is 0.0107 e. The zero-order chi connectivity index (χ0) is 11.4. The molecule has 1 saturated carbocycles. The molecule has 0 aromatic rings. The highest BCUT2D eigenvalue weighted by molar-refractivity contribution is 4.79. The maximum atomic E-state index is 3.71. The van der Waals surface area contributed by atoms with Crippen LogP contribution in [-0.4, -0.2) is 37.1 Å². The number of hydrogen-bond donors (Lipinski definition) is 1. The van der Waals surface area contributed by atoms with Crippen LogP contribution in [0.3, 0.4) is 0 Å². The Morgan fingerprint density at radius 1 is 1.19 bits per heavy atom. The maximum absolute atomic E-state index is 3.71. The molecule has 0 aromatic carbocycles. The van der Waals surface area contributed by atoms with Crippen molar-refractivity contribution in [2.24, 2.45) is 11.8 Å². The van der Waals surface area contributed by atoms with Crippen LogP contribution in [0.15, 0.2) is 0 Å². The minimum atomic E-state index is 0.837. The van der Waals surface area contributed by atoms with Crippen LogP contribution in [0.1, 0.15) is 46.0 Å². The van der Waals surface area contributed by atoms with Crippen molar-refractivity contribution in [3.63, 3.8) is 0 Å². The van der Waals surface area contributed by atoms with Gasteiger partial charge in [-0.05, 0) is 37.6 Å². The average Bonchev–Trinajstić information content (AvgIpc) is 2.87. The lowest BCUT2D eigenvalue weighted by Gasteiger charge is -2.19. The Morgan fingerprint density at radius 2 is 1.94 bits per heavy atom. The van der Waals surface area contributed by atoms with E-state index in [2.05, 4.69) is 24.1 Å². The van der Waals surface area contributed by atoms with Crippen molar-refractivity contribution in [2.75, 3.05) is 26.2 Å². The Bertz CT molecular complexity index is 197. The van der Waals surface area contributed by atoms with E-state index in [1.54, 1.807) is 0 Å². The van der Waals surface area contributed by atoms with E-state index in [9.17, 15) is 0 Å². The first-order chi connectivity index (χ1) is 7.75. The molecule has 1 atom stereocenters. The van der Waals surface area contributed by atoms with E-state index >= 15 is 0 Å². The fourth-order valence-electron chi connectivity index (χ4n) is 3.17. The smallest absolute Gasteiger partial charge is 0.0107 e. The highest BCUT2D eigenvalue weighted by Crippen LogP contribution is 2.23. The van der Waals surface area contributed by atoms with Crippen LogP contribution >= 0.6 is 0 Å². The molecule has 2 fully saturated rings. The topological polar surface area (TPSA) is 15.3 Å². The molecule has 0 radical (unpaired) electrons. The van der Waals surface area contributed by atoms with Crippen molar-refractivity contribution in [1.82, 2.24) is 10.2 Å². The summed E-state index contributed by atoms with van der Waals surface area (Å²) in [7, 11) is 0. The van der Waals surface area contributed by atoms with Gasteiger partial charge in [-0.15, -0.1) is 0 Å². The fourth-order valence-corrected chi connectivity index (χ4v) is 3.17. The molecular weight excluding hydrogens is 196 g/mol. The standard InChI is InChI=1S/C14H28N2/c1-12(2)13-7-9-16(11-13)10-8-15-14-5-3-4-6-14/h12-15H,3-11H2,1-2H3. The predicted octanol–water partition coefficient (Wildman–Crippen LogP) is 2.50. The molecule has 1 saturated heterocycles. The first-order valence-electron chi connectivity index (χ1n) is 7.21. The minimum absolute atomic E-state index is 0.837. The molecule has 16 heavy (non-hydrogen) atoms. The van der Waals surface area contributed by atoms with Gasteiger partial charge >= 0.3 is 0 Å². The van der Waals surface area contributed by atoms with E-state index in [0.717, 1.165) is 17.9 Å². The summed E-state index contributed by atoms with van der Waals surface area (Å²) in [4.78, 5) is 2.65. The normalized spacial score (nSPS) is 28.3. The zero-order valence-corrected chi connectivity index (χ0v) is 11.0. The highest BCUT2D eigenvalue weighted by Gasteiger charge is 2.24. The lowest BCUT2D eigenvalue weighted by Crippen LogP contribution is -2.35. The summed E-state index contributed by atoms with van der Waals surface area (Å²) in [5.41, 5.74) is 0. The Balaban J connectivity index is 1.57. The molecule has 1 heterocycles. The van der Waals surface area contributed by atoms with Crippen molar-refractivity contribution in [1.29, 1.82) is 0 Å². The van der Waals surface area contributed by atoms with E-state index in [4.69, 9.17) is 0 Å². The summed E-state index contributed by atoms with van der Waals surface area (Å²) in [5, 5.41) is 3.71. The van der Waals surface area contributed by atoms with Crippen LogP contribution in [-0.2, 0) is 0 Å². The molecule has 1 unspecified atom stereocenters. The van der Waals surface area contributed by atoms with Crippen LogP contribution in [0, 0.1) is 11.8 Å². The van der Waals surface area contributed by atoms with Gasteiger partial charge in [-0.25, -0.2) is 0 Å². The van der Waals surface area contributed by atoms with Crippen molar-refractivity contribution in [3.05, 3.63) is 0 Å². The van der Waals surface area contributed by atoms with Gasteiger partial charge in [-0.1, -0.05) is 26.7 Å². The number of nitrogens with one attached hydrogen (secondary N) is 1. The molecule has 1 aliphatic heterocycles. The molecule has 2 rings (SSSR count). The van der Waals surface area contributed by atoms with E-state index < -0.39 is 0 Å². The second-order valence-electron chi connectivity index (χ2n) is 6.03. The lowest BCUT2D eigenvalue weighted by molar-refractivity contribution is 0.297. The monoisotopic (exact) mass is 224 g/mol. The van der Waals surface area contributed by atoms with Gasteiger partial charge in [-0.2, -0.15) is 0 Å².